The first-order valence-electron chi connectivity index (χ1n) is 8.43. The second-order valence-electron chi connectivity index (χ2n) is 5.88. The molecule has 1 aliphatic rings. The van der Waals surface area contributed by atoms with Gasteiger partial charge in [0.05, 0.1) is 6.20 Å². The van der Waals surface area contributed by atoms with Gasteiger partial charge in [-0.05, 0) is 19.3 Å². The van der Waals surface area contributed by atoms with Crippen molar-refractivity contribution in [2.45, 2.75) is 38.2 Å². The van der Waals surface area contributed by atoms with E-state index >= 15 is 0 Å². The minimum absolute atomic E-state index is 0.249. The van der Waals surface area contributed by atoms with Crippen LogP contribution < -0.4 is 10.9 Å². The van der Waals surface area contributed by atoms with E-state index in [1.807, 2.05) is 30.3 Å². The van der Waals surface area contributed by atoms with Crippen LogP contribution in [0.5, 0.6) is 0 Å². The average molecular weight is 343 g/mol. The van der Waals surface area contributed by atoms with Crippen LogP contribution in [-0.4, -0.2) is 29.5 Å². The normalized spacial score (nSPS) is 16.6. The van der Waals surface area contributed by atoms with Crippen LogP contribution in [-0.2, 0) is 20.7 Å². The van der Waals surface area contributed by atoms with Gasteiger partial charge in [0.2, 0.25) is 5.91 Å². The number of carbonyl (C=O) groups excluding carboxylic acids is 2. The van der Waals surface area contributed by atoms with Gasteiger partial charge in [-0.3, -0.25) is 20.4 Å². The highest BCUT2D eigenvalue weighted by molar-refractivity contribution is 5.84. The summed E-state index contributed by atoms with van der Waals surface area (Å²) in [5.41, 5.74) is 5.77. The number of oxazole rings is 1. The summed E-state index contributed by atoms with van der Waals surface area (Å²) in [5.74, 6) is 0.756. The van der Waals surface area contributed by atoms with Crippen molar-refractivity contribution in [3.63, 3.8) is 0 Å². The fourth-order valence-corrected chi connectivity index (χ4v) is 2.62. The van der Waals surface area contributed by atoms with Crippen LogP contribution in [0.3, 0.4) is 0 Å². The number of hydrogen-bond donors (Lipinski definition) is 2. The zero-order chi connectivity index (χ0) is 17.5. The van der Waals surface area contributed by atoms with Crippen LogP contribution in [0, 0.1) is 0 Å². The highest BCUT2D eigenvalue weighted by Crippen LogP contribution is 2.20. The molecular weight excluding hydrogens is 322 g/mol. The molecule has 3 rings (SSSR count). The molecule has 1 saturated heterocycles. The first kappa shape index (κ1) is 17.2. The van der Waals surface area contributed by atoms with Crippen molar-refractivity contribution >= 4 is 11.8 Å². The van der Waals surface area contributed by atoms with E-state index in [9.17, 15) is 9.59 Å². The maximum absolute atomic E-state index is 11.8. The van der Waals surface area contributed by atoms with E-state index in [4.69, 9.17) is 9.15 Å². The first-order valence-corrected chi connectivity index (χ1v) is 8.43. The summed E-state index contributed by atoms with van der Waals surface area (Å²) in [6, 6.07) is 9.72. The molecule has 1 unspecified atom stereocenters. The second kappa shape index (κ2) is 8.43. The fraction of sp³-hybridized carbons (Fsp3) is 0.389. The number of carbonyl (C=O) groups is 2. The Bertz CT molecular complexity index is 708. The van der Waals surface area contributed by atoms with Crippen molar-refractivity contribution in [2.24, 2.45) is 0 Å². The van der Waals surface area contributed by atoms with Gasteiger partial charge in [0.1, 0.15) is 6.10 Å². The number of rotatable bonds is 6. The Morgan fingerprint density at radius 3 is 2.80 bits per heavy atom. The third-order valence-electron chi connectivity index (χ3n) is 3.95. The molecule has 0 spiro atoms. The van der Waals surface area contributed by atoms with E-state index in [-0.39, 0.29) is 18.2 Å². The molecule has 25 heavy (non-hydrogen) atoms. The van der Waals surface area contributed by atoms with Gasteiger partial charge in [-0.2, -0.15) is 0 Å². The number of ether oxygens (including phenoxy) is 1. The summed E-state index contributed by atoms with van der Waals surface area (Å²) in [4.78, 5) is 27.7. The van der Waals surface area contributed by atoms with Crippen molar-refractivity contribution in [1.29, 1.82) is 0 Å². The number of hydrogen-bond acceptors (Lipinski definition) is 5. The quantitative estimate of drug-likeness (QED) is 0.783. The van der Waals surface area contributed by atoms with Crippen molar-refractivity contribution < 1.29 is 18.7 Å². The van der Waals surface area contributed by atoms with Gasteiger partial charge in [-0.1, -0.05) is 30.3 Å². The summed E-state index contributed by atoms with van der Waals surface area (Å²) in [6.45, 7) is 0.590. The fourth-order valence-electron chi connectivity index (χ4n) is 2.62. The molecule has 2 amide bonds. The highest BCUT2D eigenvalue weighted by Gasteiger charge is 2.23. The molecule has 0 radical (unpaired) electrons. The topological polar surface area (TPSA) is 93.5 Å². The molecule has 1 fully saturated rings. The monoisotopic (exact) mass is 343 g/mol. The Balaban J connectivity index is 1.37. The maximum atomic E-state index is 11.8. The van der Waals surface area contributed by atoms with E-state index in [1.54, 1.807) is 6.20 Å². The van der Waals surface area contributed by atoms with E-state index in [2.05, 4.69) is 15.8 Å². The van der Waals surface area contributed by atoms with Gasteiger partial charge in [0, 0.05) is 25.0 Å². The molecule has 2 aromatic rings. The molecule has 1 atom stereocenters. The number of aryl methyl sites for hydroxylation is 1. The van der Waals surface area contributed by atoms with Gasteiger partial charge in [0.15, 0.2) is 11.7 Å². The van der Waals surface area contributed by atoms with Crippen LogP contribution in [0.4, 0.5) is 0 Å². The molecule has 2 heterocycles. The number of benzene rings is 1. The lowest BCUT2D eigenvalue weighted by Gasteiger charge is -2.11. The maximum Gasteiger partial charge on any atom is 0.267 e. The van der Waals surface area contributed by atoms with Crippen molar-refractivity contribution in [1.82, 2.24) is 15.8 Å². The second-order valence-corrected chi connectivity index (χ2v) is 5.88. The molecule has 1 aromatic carbocycles. The van der Waals surface area contributed by atoms with Gasteiger partial charge in [-0.15, -0.1) is 0 Å². The Kier molecular flexibility index (Phi) is 5.79. The minimum atomic E-state index is -0.455. The summed E-state index contributed by atoms with van der Waals surface area (Å²) in [5, 5.41) is 0. The lowest BCUT2D eigenvalue weighted by Crippen LogP contribution is -2.46. The third-order valence-corrected chi connectivity index (χ3v) is 3.95. The Morgan fingerprint density at radius 1 is 1.20 bits per heavy atom. The van der Waals surface area contributed by atoms with Crippen LogP contribution in [0.15, 0.2) is 40.9 Å². The van der Waals surface area contributed by atoms with Crippen LogP contribution in [0.2, 0.25) is 0 Å². The highest BCUT2D eigenvalue weighted by atomic mass is 16.5. The molecule has 0 aliphatic carbocycles. The largest absolute Gasteiger partial charge is 0.441 e. The Labute approximate surface area is 145 Å². The van der Waals surface area contributed by atoms with Crippen molar-refractivity contribution in [3.8, 4) is 11.3 Å². The third kappa shape index (κ3) is 4.90. The van der Waals surface area contributed by atoms with Crippen molar-refractivity contribution in [2.75, 3.05) is 6.61 Å². The SMILES string of the molecule is O=C(CCCc1ncc(-c2ccccc2)o1)NNC(=O)C1CCCO1. The molecule has 132 valence electrons. The molecule has 0 saturated carbocycles. The number of aromatic nitrogens is 1. The van der Waals surface area contributed by atoms with E-state index in [1.165, 1.54) is 0 Å². The molecule has 7 nitrogen and oxygen atoms in total. The van der Waals surface area contributed by atoms with E-state index in [0.29, 0.717) is 37.5 Å². The Hall–Kier alpha value is -2.67. The summed E-state index contributed by atoms with van der Waals surface area (Å²) in [7, 11) is 0. The molecular formula is C18H21N3O4. The predicted octanol–water partition coefficient (Wildman–Crippen LogP) is 1.99. The van der Waals surface area contributed by atoms with Crippen LogP contribution in [0.25, 0.3) is 11.3 Å². The number of nitrogens with zero attached hydrogens (tertiary/aromatic N) is 1. The van der Waals surface area contributed by atoms with Crippen LogP contribution >= 0.6 is 0 Å². The molecule has 1 aliphatic heterocycles. The standard InChI is InChI=1S/C18H21N3O4/c22-16(20-21-18(23)14-8-5-11-24-14)9-4-10-17-19-12-15(25-17)13-6-2-1-3-7-13/h1-3,6-7,12,14H,4-5,8-11H2,(H,20,22)(H,21,23). The lowest BCUT2D eigenvalue weighted by molar-refractivity contribution is -0.134. The minimum Gasteiger partial charge on any atom is -0.441 e. The van der Waals surface area contributed by atoms with Gasteiger partial charge in [0.25, 0.3) is 5.91 Å². The number of hydrazine groups is 1. The molecule has 2 N–H and O–H groups in total. The lowest BCUT2D eigenvalue weighted by atomic mass is 10.2. The average Bonchev–Trinajstić information content (AvgIpc) is 3.32. The van der Waals surface area contributed by atoms with Gasteiger partial charge in [-0.25, -0.2) is 4.98 Å². The zero-order valence-electron chi connectivity index (χ0n) is 13.9. The predicted molar refractivity (Wildman–Crippen MR) is 90.1 cm³/mol. The summed E-state index contributed by atoms with van der Waals surface area (Å²) >= 11 is 0. The van der Waals surface area contributed by atoms with E-state index in [0.717, 1.165) is 12.0 Å². The smallest absolute Gasteiger partial charge is 0.267 e. The Morgan fingerprint density at radius 2 is 2.04 bits per heavy atom. The van der Waals surface area contributed by atoms with Gasteiger partial charge >= 0.3 is 0 Å². The first-order chi connectivity index (χ1) is 12.2. The molecule has 7 heteroatoms. The number of amides is 2. The zero-order valence-corrected chi connectivity index (χ0v) is 13.9. The van der Waals surface area contributed by atoms with Gasteiger partial charge < -0.3 is 9.15 Å². The summed E-state index contributed by atoms with van der Waals surface area (Å²) < 4.78 is 10.9. The van der Waals surface area contributed by atoms with Crippen LogP contribution in [0.1, 0.15) is 31.6 Å². The molecule has 0 bridgehead atoms. The molecule has 1 aromatic heterocycles. The van der Waals surface area contributed by atoms with E-state index < -0.39 is 6.10 Å². The summed E-state index contributed by atoms with van der Waals surface area (Å²) in [6.07, 6.45) is 4.20. The number of nitrogens with one attached hydrogen (secondary N) is 2. The van der Waals surface area contributed by atoms with Crippen molar-refractivity contribution in [3.05, 3.63) is 42.4 Å².